The van der Waals surface area contributed by atoms with Crippen LogP contribution >= 0.6 is 0 Å². The second kappa shape index (κ2) is 5.44. The van der Waals surface area contributed by atoms with Crippen LogP contribution in [0.4, 0.5) is 18.9 Å². The molecular weight excluding hydrogens is 271 g/mol. The molecule has 110 valence electrons. The predicted molar refractivity (Wildman–Crippen MR) is 68.2 cm³/mol. The largest absolute Gasteiger partial charge is 0.393 e. The summed E-state index contributed by atoms with van der Waals surface area (Å²) in [6.45, 7) is 0. The monoisotopic (exact) mass is 287 g/mol. The highest BCUT2D eigenvalue weighted by atomic mass is 19.4. The lowest BCUT2D eigenvalue weighted by Gasteiger charge is -2.21. The maximum atomic E-state index is 12.3. The molecule has 20 heavy (non-hydrogen) atoms. The van der Waals surface area contributed by atoms with Gasteiger partial charge in [-0.2, -0.15) is 13.2 Å². The average Bonchev–Trinajstić information content (AvgIpc) is 2.76. The maximum Gasteiger partial charge on any atom is 0.393 e. The van der Waals surface area contributed by atoms with Gasteiger partial charge in [0.05, 0.1) is 6.42 Å². The Bertz CT molecular complexity index is 493. The highest BCUT2D eigenvalue weighted by Gasteiger charge is 2.38. The van der Waals surface area contributed by atoms with E-state index in [0.717, 1.165) is 12.8 Å². The minimum absolute atomic E-state index is 0.0775. The van der Waals surface area contributed by atoms with E-state index < -0.39 is 24.1 Å². The van der Waals surface area contributed by atoms with Gasteiger partial charge in [-0.1, -0.05) is 12.1 Å². The van der Waals surface area contributed by atoms with Crippen LogP contribution < -0.4 is 5.32 Å². The molecule has 1 fully saturated rings. The van der Waals surface area contributed by atoms with Crippen LogP contribution in [0.5, 0.6) is 0 Å². The quantitative estimate of drug-likeness (QED) is 0.897. The molecule has 0 bridgehead atoms. The zero-order valence-electron chi connectivity index (χ0n) is 10.8. The summed E-state index contributed by atoms with van der Waals surface area (Å²) in [6, 6.07) is 5.60. The minimum Gasteiger partial charge on any atom is -0.380 e. The number of halogens is 3. The third-order valence-electron chi connectivity index (χ3n) is 3.44. The summed E-state index contributed by atoms with van der Waals surface area (Å²) in [6.07, 6.45) is -2.99. The first kappa shape index (κ1) is 14.8. The highest BCUT2D eigenvalue weighted by Crippen LogP contribution is 2.31. The van der Waals surface area contributed by atoms with Crippen molar-refractivity contribution in [2.75, 3.05) is 5.32 Å². The van der Waals surface area contributed by atoms with E-state index in [4.69, 9.17) is 0 Å². The van der Waals surface area contributed by atoms with Crippen molar-refractivity contribution < 1.29 is 23.1 Å². The third kappa shape index (κ3) is 3.72. The minimum atomic E-state index is -4.29. The molecule has 0 spiro atoms. The number of carbonyl (C=O) groups is 1. The Morgan fingerprint density at radius 1 is 1.30 bits per heavy atom. The SMILES string of the molecule is O=C(Nc1cccc(CC(F)(F)F)c1)C1(O)CCCC1. The maximum absolute atomic E-state index is 12.3. The zero-order valence-corrected chi connectivity index (χ0v) is 10.8. The second-order valence-electron chi connectivity index (χ2n) is 5.19. The molecule has 1 aliphatic carbocycles. The zero-order chi connectivity index (χ0) is 14.8. The van der Waals surface area contributed by atoms with Crippen molar-refractivity contribution in [2.24, 2.45) is 0 Å². The Kier molecular flexibility index (Phi) is 4.04. The molecule has 0 aliphatic heterocycles. The van der Waals surface area contributed by atoms with E-state index in [1.54, 1.807) is 0 Å². The van der Waals surface area contributed by atoms with Crippen molar-refractivity contribution in [3.8, 4) is 0 Å². The number of alkyl halides is 3. The molecule has 0 atom stereocenters. The number of hydrogen-bond donors (Lipinski definition) is 2. The van der Waals surface area contributed by atoms with E-state index in [9.17, 15) is 23.1 Å². The van der Waals surface area contributed by atoms with Crippen LogP contribution in [0, 0.1) is 0 Å². The van der Waals surface area contributed by atoms with Gasteiger partial charge in [-0.25, -0.2) is 0 Å². The first-order chi connectivity index (χ1) is 9.28. The van der Waals surface area contributed by atoms with E-state index in [1.165, 1.54) is 24.3 Å². The van der Waals surface area contributed by atoms with Crippen molar-refractivity contribution in [1.82, 2.24) is 0 Å². The van der Waals surface area contributed by atoms with Gasteiger partial charge in [-0.3, -0.25) is 4.79 Å². The molecule has 3 nitrogen and oxygen atoms in total. The number of anilines is 1. The van der Waals surface area contributed by atoms with Crippen LogP contribution in [0.1, 0.15) is 31.2 Å². The van der Waals surface area contributed by atoms with Gasteiger partial charge >= 0.3 is 6.18 Å². The molecule has 6 heteroatoms. The molecule has 0 saturated heterocycles. The normalized spacial score (nSPS) is 18.0. The molecule has 1 amide bonds. The lowest BCUT2D eigenvalue weighted by molar-refractivity contribution is -0.133. The van der Waals surface area contributed by atoms with E-state index in [0.29, 0.717) is 12.8 Å². The summed E-state index contributed by atoms with van der Waals surface area (Å²) in [4.78, 5) is 11.9. The standard InChI is InChI=1S/C14H16F3NO2/c15-14(16,17)9-10-4-3-5-11(8-10)18-12(19)13(20)6-1-2-7-13/h3-5,8,20H,1-2,6-7,9H2,(H,18,19). The number of aliphatic hydroxyl groups is 1. The van der Waals surface area contributed by atoms with Crippen molar-refractivity contribution in [2.45, 2.75) is 43.9 Å². The predicted octanol–water partition coefficient (Wildman–Crippen LogP) is 3.04. The van der Waals surface area contributed by atoms with Crippen molar-refractivity contribution in [1.29, 1.82) is 0 Å². The Hall–Kier alpha value is -1.56. The number of amides is 1. The summed E-state index contributed by atoms with van der Waals surface area (Å²) in [7, 11) is 0. The molecule has 0 heterocycles. The topological polar surface area (TPSA) is 49.3 Å². The lowest BCUT2D eigenvalue weighted by Crippen LogP contribution is -2.40. The Balaban J connectivity index is 2.06. The molecule has 1 aliphatic rings. The van der Waals surface area contributed by atoms with Crippen molar-refractivity contribution in [3.63, 3.8) is 0 Å². The molecule has 0 unspecified atom stereocenters. The van der Waals surface area contributed by atoms with Gasteiger partial charge in [-0.05, 0) is 43.4 Å². The van der Waals surface area contributed by atoms with E-state index in [2.05, 4.69) is 5.32 Å². The molecule has 2 rings (SSSR count). The van der Waals surface area contributed by atoms with Gasteiger partial charge in [-0.15, -0.1) is 0 Å². The molecule has 1 aromatic carbocycles. The first-order valence-corrected chi connectivity index (χ1v) is 6.48. The Morgan fingerprint density at radius 2 is 1.95 bits per heavy atom. The smallest absolute Gasteiger partial charge is 0.380 e. The molecular formula is C14H16F3NO2. The summed E-state index contributed by atoms with van der Waals surface area (Å²) in [5, 5.41) is 12.6. The summed E-state index contributed by atoms with van der Waals surface area (Å²) >= 11 is 0. The first-order valence-electron chi connectivity index (χ1n) is 6.48. The number of benzene rings is 1. The van der Waals surface area contributed by atoms with Crippen LogP contribution in [-0.2, 0) is 11.2 Å². The van der Waals surface area contributed by atoms with Crippen molar-refractivity contribution >= 4 is 11.6 Å². The fourth-order valence-corrected chi connectivity index (χ4v) is 2.42. The fourth-order valence-electron chi connectivity index (χ4n) is 2.42. The number of carbonyl (C=O) groups excluding carboxylic acids is 1. The summed E-state index contributed by atoms with van der Waals surface area (Å²) in [5.74, 6) is -0.542. The third-order valence-corrected chi connectivity index (χ3v) is 3.44. The molecule has 0 radical (unpaired) electrons. The van der Waals surface area contributed by atoms with Gasteiger partial charge in [0.15, 0.2) is 0 Å². The molecule has 2 N–H and O–H groups in total. The molecule has 1 saturated carbocycles. The number of rotatable bonds is 3. The van der Waals surface area contributed by atoms with E-state index >= 15 is 0 Å². The van der Waals surface area contributed by atoms with Gasteiger partial charge in [0.25, 0.3) is 5.91 Å². The lowest BCUT2D eigenvalue weighted by atomic mass is 10.0. The fraction of sp³-hybridized carbons (Fsp3) is 0.500. The second-order valence-corrected chi connectivity index (χ2v) is 5.19. The number of nitrogens with one attached hydrogen (secondary N) is 1. The number of hydrogen-bond acceptors (Lipinski definition) is 2. The molecule has 1 aromatic rings. The summed E-state index contributed by atoms with van der Waals surface area (Å²) < 4.78 is 36.9. The van der Waals surface area contributed by atoms with Crippen LogP contribution in [0.3, 0.4) is 0 Å². The van der Waals surface area contributed by atoms with Crippen LogP contribution in [0.2, 0.25) is 0 Å². The Morgan fingerprint density at radius 3 is 2.55 bits per heavy atom. The van der Waals surface area contributed by atoms with Crippen molar-refractivity contribution in [3.05, 3.63) is 29.8 Å². The van der Waals surface area contributed by atoms with Gasteiger partial charge < -0.3 is 10.4 Å². The van der Waals surface area contributed by atoms with Gasteiger partial charge in [0, 0.05) is 5.69 Å². The van der Waals surface area contributed by atoms with E-state index in [1.807, 2.05) is 0 Å². The highest BCUT2D eigenvalue weighted by molar-refractivity contribution is 5.97. The van der Waals surface area contributed by atoms with E-state index in [-0.39, 0.29) is 11.3 Å². The Labute approximate surface area is 114 Å². The van der Waals surface area contributed by atoms with Gasteiger partial charge in [0.1, 0.15) is 5.60 Å². The van der Waals surface area contributed by atoms with Gasteiger partial charge in [0.2, 0.25) is 0 Å². The summed E-state index contributed by atoms with van der Waals surface area (Å²) in [5.41, 5.74) is -1.04. The average molecular weight is 287 g/mol. The van der Waals surface area contributed by atoms with Crippen LogP contribution in [-0.4, -0.2) is 22.8 Å². The molecule has 0 aromatic heterocycles. The van der Waals surface area contributed by atoms with Crippen LogP contribution in [0.25, 0.3) is 0 Å². The van der Waals surface area contributed by atoms with Crippen LogP contribution in [0.15, 0.2) is 24.3 Å².